The van der Waals surface area contributed by atoms with E-state index in [1.165, 1.54) is 13.8 Å². The second kappa shape index (κ2) is 6.00. The van der Waals surface area contributed by atoms with Crippen LogP contribution in [0.1, 0.15) is 20.8 Å². The van der Waals surface area contributed by atoms with Gasteiger partial charge in [0.25, 0.3) is 0 Å². The molecule has 0 aromatic rings. The van der Waals surface area contributed by atoms with Crippen molar-refractivity contribution in [3.63, 3.8) is 0 Å². The van der Waals surface area contributed by atoms with E-state index in [4.69, 9.17) is 5.11 Å². The third kappa shape index (κ3) is 5.66. The molecule has 0 rings (SSSR count). The van der Waals surface area contributed by atoms with Gasteiger partial charge in [0.1, 0.15) is 0 Å². The fourth-order valence-corrected chi connectivity index (χ4v) is 0.925. The maximum absolute atomic E-state index is 10.7. The van der Waals surface area contributed by atoms with Crippen molar-refractivity contribution in [1.29, 1.82) is 0 Å². The predicted octanol–water partition coefficient (Wildman–Crippen LogP) is 0.202. The van der Waals surface area contributed by atoms with Crippen molar-refractivity contribution in [1.82, 2.24) is 0 Å². The first-order valence-corrected chi connectivity index (χ1v) is 4.38. The van der Waals surface area contributed by atoms with E-state index in [1.807, 2.05) is 0 Å². The predicted molar refractivity (Wildman–Crippen MR) is 49.0 cm³/mol. The molecule has 86 valence electrons. The lowest BCUT2D eigenvalue weighted by Gasteiger charge is -2.19. The minimum Gasteiger partial charge on any atom is -0.478 e. The first-order valence-electron chi connectivity index (χ1n) is 4.38. The number of hydrogen-bond acceptors (Lipinski definition) is 5. The molecule has 6 nitrogen and oxygen atoms in total. The van der Waals surface area contributed by atoms with E-state index >= 15 is 0 Å². The largest absolute Gasteiger partial charge is 0.478 e. The van der Waals surface area contributed by atoms with E-state index < -0.39 is 29.9 Å². The Balaban J connectivity index is 4.28. The number of aliphatic carboxylic acids is 1. The van der Waals surface area contributed by atoms with Gasteiger partial charge in [-0.15, -0.1) is 0 Å². The van der Waals surface area contributed by atoms with Gasteiger partial charge in [0.15, 0.2) is 0 Å². The summed E-state index contributed by atoms with van der Waals surface area (Å²) in [6.45, 7) is 3.76. The molecule has 0 aromatic heterocycles. The summed E-state index contributed by atoms with van der Waals surface area (Å²) in [5.41, 5.74) is 0. The van der Waals surface area contributed by atoms with Gasteiger partial charge in [-0.25, -0.2) is 4.79 Å². The number of rotatable bonds is 5. The van der Waals surface area contributed by atoms with Crippen LogP contribution in [0.3, 0.4) is 0 Å². The lowest BCUT2D eigenvalue weighted by atomic mass is 10.1. The van der Waals surface area contributed by atoms with Crippen molar-refractivity contribution in [3.8, 4) is 0 Å². The molecule has 0 aliphatic heterocycles. The highest BCUT2D eigenvalue weighted by Crippen LogP contribution is 2.09. The standard InChI is InChI=1S/C9H14O6/c1-5(4-14-6(2)10)8(9(12)13)15-7(3)11/h5,8H,4H2,1-3H3,(H,12,13). The van der Waals surface area contributed by atoms with Crippen molar-refractivity contribution < 1.29 is 29.0 Å². The molecule has 0 aliphatic rings. The number of carbonyl (C=O) groups is 3. The summed E-state index contributed by atoms with van der Waals surface area (Å²) in [6.07, 6.45) is -1.29. The third-order valence-corrected chi connectivity index (χ3v) is 1.60. The molecule has 2 unspecified atom stereocenters. The van der Waals surface area contributed by atoms with E-state index in [0.29, 0.717) is 0 Å². The van der Waals surface area contributed by atoms with Gasteiger partial charge in [-0.05, 0) is 0 Å². The Labute approximate surface area is 87.2 Å². The van der Waals surface area contributed by atoms with Crippen LogP contribution < -0.4 is 0 Å². The molecule has 0 bridgehead atoms. The van der Waals surface area contributed by atoms with Gasteiger partial charge in [0.2, 0.25) is 6.10 Å². The highest BCUT2D eigenvalue weighted by atomic mass is 16.6. The summed E-state index contributed by atoms with van der Waals surface area (Å²) in [4.78, 5) is 31.8. The van der Waals surface area contributed by atoms with Crippen LogP contribution in [-0.4, -0.2) is 35.7 Å². The number of ether oxygens (including phenoxy) is 2. The van der Waals surface area contributed by atoms with Gasteiger partial charge in [-0.3, -0.25) is 9.59 Å². The van der Waals surface area contributed by atoms with Crippen molar-refractivity contribution >= 4 is 17.9 Å². The molecular weight excluding hydrogens is 204 g/mol. The zero-order valence-corrected chi connectivity index (χ0v) is 8.85. The van der Waals surface area contributed by atoms with Crippen molar-refractivity contribution in [2.75, 3.05) is 6.61 Å². The van der Waals surface area contributed by atoms with Crippen LogP contribution in [0.2, 0.25) is 0 Å². The lowest BCUT2D eigenvalue weighted by Crippen LogP contribution is -2.35. The molecule has 0 heterocycles. The topological polar surface area (TPSA) is 89.9 Å². The average Bonchev–Trinajstić information content (AvgIpc) is 2.09. The summed E-state index contributed by atoms with van der Waals surface area (Å²) < 4.78 is 9.20. The molecule has 0 aromatic carbocycles. The normalized spacial score (nSPS) is 13.8. The quantitative estimate of drug-likeness (QED) is 0.663. The summed E-state index contributed by atoms with van der Waals surface area (Å²) in [5.74, 6) is -3.04. The van der Waals surface area contributed by atoms with E-state index in [9.17, 15) is 14.4 Å². The van der Waals surface area contributed by atoms with Crippen LogP contribution in [0.5, 0.6) is 0 Å². The molecule has 15 heavy (non-hydrogen) atoms. The monoisotopic (exact) mass is 218 g/mol. The molecular formula is C9H14O6. The Morgan fingerprint density at radius 1 is 1.20 bits per heavy atom. The number of carbonyl (C=O) groups excluding carboxylic acids is 2. The number of hydrogen-bond donors (Lipinski definition) is 1. The van der Waals surface area contributed by atoms with E-state index in [0.717, 1.165) is 6.92 Å². The molecule has 0 saturated carbocycles. The van der Waals surface area contributed by atoms with E-state index in [1.54, 1.807) is 0 Å². The molecule has 0 aliphatic carbocycles. The summed E-state index contributed by atoms with van der Waals surface area (Å²) >= 11 is 0. The maximum Gasteiger partial charge on any atom is 0.345 e. The van der Waals surface area contributed by atoms with Crippen LogP contribution in [0, 0.1) is 5.92 Å². The minimum atomic E-state index is -1.29. The minimum absolute atomic E-state index is 0.0976. The molecule has 0 saturated heterocycles. The molecule has 1 N–H and O–H groups in total. The van der Waals surface area contributed by atoms with Crippen LogP contribution in [0.4, 0.5) is 0 Å². The molecule has 2 atom stereocenters. The highest BCUT2D eigenvalue weighted by Gasteiger charge is 2.28. The van der Waals surface area contributed by atoms with Gasteiger partial charge in [-0.2, -0.15) is 0 Å². The van der Waals surface area contributed by atoms with Gasteiger partial charge < -0.3 is 14.6 Å². The SMILES string of the molecule is CC(=O)OCC(C)C(OC(C)=O)C(=O)O. The molecule has 0 radical (unpaired) electrons. The van der Waals surface area contributed by atoms with Crippen LogP contribution in [0.15, 0.2) is 0 Å². The average molecular weight is 218 g/mol. The molecule has 0 spiro atoms. The maximum atomic E-state index is 10.7. The summed E-state index contributed by atoms with van der Waals surface area (Å²) in [7, 11) is 0. The fourth-order valence-electron chi connectivity index (χ4n) is 0.925. The van der Waals surface area contributed by atoms with Crippen LogP contribution in [0.25, 0.3) is 0 Å². The van der Waals surface area contributed by atoms with Crippen LogP contribution in [-0.2, 0) is 23.9 Å². The molecule has 6 heteroatoms. The van der Waals surface area contributed by atoms with Crippen molar-refractivity contribution in [2.45, 2.75) is 26.9 Å². The highest BCUT2D eigenvalue weighted by molar-refractivity contribution is 5.77. The third-order valence-electron chi connectivity index (χ3n) is 1.60. The smallest absolute Gasteiger partial charge is 0.345 e. The lowest BCUT2D eigenvalue weighted by molar-refractivity contribution is -0.168. The first-order chi connectivity index (χ1) is 6.84. The van der Waals surface area contributed by atoms with E-state index in [2.05, 4.69) is 9.47 Å². The zero-order valence-electron chi connectivity index (χ0n) is 8.85. The Morgan fingerprint density at radius 2 is 1.73 bits per heavy atom. The van der Waals surface area contributed by atoms with Crippen molar-refractivity contribution in [3.05, 3.63) is 0 Å². The Bertz CT molecular complexity index is 259. The van der Waals surface area contributed by atoms with E-state index in [-0.39, 0.29) is 6.61 Å². The molecule has 0 fully saturated rings. The van der Waals surface area contributed by atoms with Crippen LogP contribution >= 0.6 is 0 Å². The van der Waals surface area contributed by atoms with Gasteiger partial charge >= 0.3 is 17.9 Å². The Morgan fingerprint density at radius 3 is 2.07 bits per heavy atom. The summed E-state index contributed by atoms with van der Waals surface area (Å²) in [6, 6.07) is 0. The Kier molecular flexibility index (Phi) is 5.36. The van der Waals surface area contributed by atoms with Gasteiger partial charge in [-0.1, -0.05) is 6.92 Å². The zero-order chi connectivity index (χ0) is 12.0. The number of esters is 2. The Hall–Kier alpha value is -1.59. The second-order valence-electron chi connectivity index (χ2n) is 3.15. The number of carboxylic acids is 1. The molecule has 0 amide bonds. The van der Waals surface area contributed by atoms with Gasteiger partial charge in [0, 0.05) is 19.8 Å². The van der Waals surface area contributed by atoms with Crippen molar-refractivity contribution in [2.24, 2.45) is 5.92 Å². The second-order valence-corrected chi connectivity index (χ2v) is 3.15. The first kappa shape index (κ1) is 13.4. The van der Waals surface area contributed by atoms with Gasteiger partial charge in [0.05, 0.1) is 6.61 Å². The number of carboxylic acid groups (broad SMARTS) is 1. The summed E-state index contributed by atoms with van der Waals surface area (Å²) in [5, 5.41) is 8.74. The fraction of sp³-hybridized carbons (Fsp3) is 0.667.